The molecule has 0 aliphatic carbocycles. The van der Waals surface area contributed by atoms with Gasteiger partial charge in [0.15, 0.2) is 5.78 Å². The quantitative estimate of drug-likeness (QED) is 0.709. The summed E-state index contributed by atoms with van der Waals surface area (Å²) in [7, 11) is 0. The Hall–Kier alpha value is -1.82. The fraction of sp³-hybridized carbons (Fsp3) is 0.333. The van der Waals surface area contributed by atoms with E-state index in [1.54, 1.807) is 12.1 Å². The molecule has 0 aliphatic heterocycles. The van der Waals surface area contributed by atoms with E-state index >= 15 is 0 Å². The minimum atomic E-state index is -0.0504. The molecular weight excluding hydrogens is 190 g/mol. The Morgan fingerprint density at radius 1 is 1.53 bits per heavy atom. The van der Waals surface area contributed by atoms with Crippen molar-refractivity contribution < 1.29 is 9.53 Å². The fourth-order valence-corrected chi connectivity index (χ4v) is 1.42. The smallest absolute Gasteiger partial charge is 0.160 e. The van der Waals surface area contributed by atoms with Crippen LogP contribution in [0.3, 0.4) is 0 Å². The van der Waals surface area contributed by atoms with Crippen LogP contribution in [0.4, 0.5) is 0 Å². The number of hydrogen-bond acceptors (Lipinski definition) is 3. The Kier molecular flexibility index (Phi) is 3.46. The average Bonchev–Trinajstić information content (AvgIpc) is 2.21. The number of hydrogen-bond donors (Lipinski definition) is 0. The van der Waals surface area contributed by atoms with Gasteiger partial charge in [0.25, 0.3) is 0 Å². The molecule has 0 heterocycles. The van der Waals surface area contributed by atoms with Crippen LogP contribution in [0.5, 0.6) is 5.75 Å². The molecule has 1 aromatic rings. The molecule has 1 aromatic carbocycles. The summed E-state index contributed by atoms with van der Waals surface area (Å²) in [4.78, 5) is 11.3. The van der Waals surface area contributed by atoms with E-state index < -0.39 is 0 Å². The third-order valence-electron chi connectivity index (χ3n) is 2.17. The average molecular weight is 203 g/mol. The molecule has 0 aromatic heterocycles. The zero-order valence-corrected chi connectivity index (χ0v) is 9.13. The number of ketones is 1. The molecule has 0 unspecified atom stereocenters. The lowest BCUT2D eigenvalue weighted by molar-refractivity contribution is 0.101. The van der Waals surface area contributed by atoms with E-state index in [1.165, 1.54) is 6.92 Å². The Balaban J connectivity index is 3.35. The third kappa shape index (κ3) is 2.35. The number of benzene rings is 1. The van der Waals surface area contributed by atoms with Gasteiger partial charge in [-0.05, 0) is 32.9 Å². The minimum absolute atomic E-state index is 0.0504. The van der Waals surface area contributed by atoms with Crippen molar-refractivity contribution in [2.45, 2.75) is 20.8 Å². The molecule has 0 fully saturated rings. The molecule has 3 heteroatoms. The van der Waals surface area contributed by atoms with Crippen molar-refractivity contribution in [1.29, 1.82) is 5.26 Å². The molecule has 0 aliphatic rings. The lowest BCUT2D eigenvalue weighted by atomic mass is 10.0. The number of Topliss-reactive ketones (excluding diaryl/α,β-unsaturated/α-hetero) is 1. The molecule has 15 heavy (non-hydrogen) atoms. The van der Waals surface area contributed by atoms with E-state index in [0.29, 0.717) is 23.5 Å². The van der Waals surface area contributed by atoms with Gasteiger partial charge in [0.1, 0.15) is 5.75 Å². The number of rotatable bonds is 3. The normalized spacial score (nSPS) is 9.47. The Morgan fingerprint density at radius 3 is 2.67 bits per heavy atom. The van der Waals surface area contributed by atoms with Gasteiger partial charge in [0, 0.05) is 11.1 Å². The molecule has 0 atom stereocenters. The van der Waals surface area contributed by atoms with Crippen molar-refractivity contribution in [1.82, 2.24) is 0 Å². The second-order valence-corrected chi connectivity index (χ2v) is 3.25. The highest BCUT2D eigenvalue weighted by atomic mass is 16.5. The van der Waals surface area contributed by atoms with Gasteiger partial charge in [-0.3, -0.25) is 4.79 Å². The Morgan fingerprint density at radius 2 is 2.20 bits per heavy atom. The fourth-order valence-electron chi connectivity index (χ4n) is 1.42. The van der Waals surface area contributed by atoms with Crippen LogP contribution in [0, 0.1) is 18.3 Å². The first-order valence-electron chi connectivity index (χ1n) is 4.78. The van der Waals surface area contributed by atoms with Crippen LogP contribution in [-0.2, 0) is 0 Å². The van der Waals surface area contributed by atoms with Gasteiger partial charge < -0.3 is 4.74 Å². The van der Waals surface area contributed by atoms with Gasteiger partial charge in [0.2, 0.25) is 0 Å². The van der Waals surface area contributed by atoms with Crippen molar-refractivity contribution in [3.05, 3.63) is 28.8 Å². The van der Waals surface area contributed by atoms with Crippen LogP contribution < -0.4 is 4.74 Å². The van der Waals surface area contributed by atoms with Crippen LogP contribution in [0.15, 0.2) is 12.1 Å². The van der Waals surface area contributed by atoms with Crippen LogP contribution in [-0.4, -0.2) is 12.4 Å². The summed E-state index contributed by atoms with van der Waals surface area (Å²) in [6.45, 7) is 5.70. The highest BCUT2D eigenvalue weighted by Gasteiger charge is 2.11. The first kappa shape index (κ1) is 11.3. The van der Waals surface area contributed by atoms with Crippen LogP contribution in [0.2, 0.25) is 0 Å². The summed E-state index contributed by atoms with van der Waals surface area (Å²) in [5, 5.41) is 8.81. The Labute approximate surface area is 89.3 Å². The lowest BCUT2D eigenvalue weighted by Crippen LogP contribution is -2.02. The van der Waals surface area contributed by atoms with Crippen molar-refractivity contribution in [2.24, 2.45) is 0 Å². The summed E-state index contributed by atoms with van der Waals surface area (Å²) in [5.74, 6) is 0.562. The van der Waals surface area contributed by atoms with Gasteiger partial charge in [-0.25, -0.2) is 0 Å². The second-order valence-electron chi connectivity index (χ2n) is 3.25. The monoisotopic (exact) mass is 203 g/mol. The van der Waals surface area contributed by atoms with Gasteiger partial charge >= 0.3 is 0 Å². The predicted molar refractivity (Wildman–Crippen MR) is 57.1 cm³/mol. The van der Waals surface area contributed by atoms with Gasteiger partial charge in [-0.2, -0.15) is 5.26 Å². The largest absolute Gasteiger partial charge is 0.494 e. The van der Waals surface area contributed by atoms with Crippen molar-refractivity contribution in [3.8, 4) is 11.8 Å². The van der Waals surface area contributed by atoms with E-state index in [0.717, 1.165) is 5.56 Å². The summed E-state index contributed by atoms with van der Waals surface area (Å²) < 4.78 is 5.37. The highest BCUT2D eigenvalue weighted by molar-refractivity contribution is 5.96. The van der Waals surface area contributed by atoms with E-state index in [1.807, 2.05) is 19.9 Å². The second kappa shape index (κ2) is 4.61. The number of carbonyl (C=O) groups is 1. The van der Waals surface area contributed by atoms with E-state index in [4.69, 9.17) is 10.00 Å². The Bertz CT molecular complexity index is 430. The summed E-state index contributed by atoms with van der Waals surface area (Å²) in [6.07, 6.45) is 0. The molecular formula is C12H13NO2. The molecule has 0 saturated heterocycles. The molecule has 0 saturated carbocycles. The third-order valence-corrected chi connectivity index (χ3v) is 2.17. The maximum atomic E-state index is 11.3. The first-order chi connectivity index (χ1) is 7.10. The summed E-state index contributed by atoms with van der Waals surface area (Å²) in [5.41, 5.74) is 1.80. The standard InChI is InChI=1S/C12H13NO2/c1-4-15-12-6-10(7-13)5-11(8(12)2)9(3)14/h5-6H,4H2,1-3H3. The molecule has 0 N–H and O–H groups in total. The molecule has 1 rings (SSSR count). The van der Waals surface area contributed by atoms with Gasteiger partial charge in [0.05, 0.1) is 18.2 Å². The van der Waals surface area contributed by atoms with E-state index in [-0.39, 0.29) is 5.78 Å². The number of ether oxygens (including phenoxy) is 1. The number of carbonyl (C=O) groups excluding carboxylic acids is 1. The van der Waals surface area contributed by atoms with E-state index in [9.17, 15) is 4.79 Å². The van der Waals surface area contributed by atoms with E-state index in [2.05, 4.69) is 0 Å². The number of nitrogens with zero attached hydrogens (tertiary/aromatic N) is 1. The number of nitriles is 1. The molecule has 3 nitrogen and oxygen atoms in total. The van der Waals surface area contributed by atoms with Crippen molar-refractivity contribution >= 4 is 5.78 Å². The molecule has 0 amide bonds. The molecule has 0 bridgehead atoms. The first-order valence-corrected chi connectivity index (χ1v) is 4.78. The topological polar surface area (TPSA) is 50.1 Å². The molecule has 0 radical (unpaired) electrons. The van der Waals surface area contributed by atoms with Crippen molar-refractivity contribution in [2.75, 3.05) is 6.61 Å². The predicted octanol–water partition coefficient (Wildman–Crippen LogP) is 2.47. The maximum absolute atomic E-state index is 11.3. The van der Waals surface area contributed by atoms with Crippen LogP contribution in [0.25, 0.3) is 0 Å². The SMILES string of the molecule is CCOc1cc(C#N)cc(C(C)=O)c1C. The molecule has 0 spiro atoms. The van der Waals surface area contributed by atoms with Crippen LogP contribution >= 0.6 is 0 Å². The minimum Gasteiger partial charge on any atom is -0.494 e. The maximum Gasteiger partial charge on any atom is 0.160 e. The zero-order valence-electron chi connectivity index (χ0n) is 9.13. The lowest BCUT2D eigenvalue weighted by Gasteiger charge is -2.10. The van der Waals surface area contributed by atoms with Crippen molar-refractivity contribution in [3.63, 3.8) is 0 Å². The van der Waals surface area contributed by atoms with Gasteiger partial charge in [-0.1, -0.05) is 0 Å². The molecule has 78 valence electrons. The zero-order chi connectivity index (χ0) is 11.4. The van der Waals surface area contributed by atoms with Gasteiger partial charge in [-0.15, -0.1) is 0 Å². The highest BCUT2D eigenvalue weighted by Crippen LogP contribution is 2.24. The summed E-state index contributed by atoms with van der Waals surface area (Å²) >= 11 is 0. The van der Waals surface area contributed by atoms with Crippen LogP contribution in [0.1, 0.15) is 35.3 Å². The summed E-state index contributed by atoms with van der Waals surface area (Å²) in [6, 6.07) is 5.27.